The topological polar surface area (TPSA) is 24.5 Å². The highest BCUT2D eigenvalue weighted by Crippen LogP contribution is 2.34. The molecule has 0 bridgehead atoms. The zero-order chi connectivity index (χ0) is 15.3. The molecule has 0 aromatic heterocycles. The first-order chi connectivity index (χ1) is 10.1. The highest BCUT2D eigenvalue weighted by atomic mass is 16.5. The van der Waals surface area contributed by atoms with Crippen LogP contribution in [0, 0.1) is 5.41 Å². The second-order valence-corrected chi connectivity index (χ2v) is 6.58. The monoisotopic (exact) mass is 290 g/mol. The molecule has 3 nitrogen and oxygen atoms in total. The highest BCUT2D eigenvalue weighted by Gasteiger charge is 2.29. The molecule has 1 saturated heterocycles. The van der Waals surface area contributed by atoms with Gasteiger partial charge >= 0.3 is 0 Å². The number of benzene rings is 1. The lowest BCUT2D eigenvalue weighted by atomic mass is 9.78. The van der Waals surface area contributed by atoms with E-state index < -0.39 is 0 Å². The van der Waals surface area contributed by atoms with Crippen molar-refractivity contribution in [2.45, 2.75) is 39.2 Å². The van der Waals surface area contributed by atoms with Crippen LogP contribution in [0.15, 0.2) is 24.3 Å². The fourth-order valence-electron chi connectivity index (χ4n) is 3.11. The fourth-order valence-corrected chi connectivity index (χ4v) is 3.11. The van der Waals surface area contributed by atoms with E-state index >= 15 is 0 Å². The van der Waals surface area contributed by atoms with E-state index in [0.29, 0.717) is 11.5 Å². The Hall–Kier alpha value is -1.06. The van der Waals surface area contributed by atoms with Crippen LogP contribution in [0.2, 0.25) is 0 Å². The SMILES string of the molecule is CCC1(C)CCN(CC(NC)c2cccc(OC)c2)CC1. The summed E-state index contributed by atoms with van der Waals surface area (Å²) < 4.78 is 5.34. The van der Waals surface area contributed by atoms with Crippen LogP contribution in [0.25, 0.3) is 0 Å². The van der Waals surface area contributed by atoms with Gasteiger partial charge in [-0.15, -0.1) is 0 Å². The largest absolute Gasteiger partial charge is 0.497 e. The molecule has 1 aliphatic rings. The predicted octanol–water partition coefficient (Wildman–Crippen LogP) is 3.47. The number of piperidine rings is 1. The summed E-state index contributed by atoms with van der Waals surface area (Å²) in [6.45, 7) is 8.26. The molecule has 21 heavy (non-hydrogen) atoms. The van der Waals surface area contributed by atoms with Crippen LogP contribution in [0.1, 0.15) is 44.7 Å². The molecule has 118 valence electrons. The van der Waals surface area contributed by atoms with Crippen LogP contribution in [0.3, 0.4) is 0 Å². The van der Waals surface area contributed by atoms with Crippen molar-refractivity contribution in [3.8, 4) is 5.75 Å². The quantitative estimate of drug-likeness (QED) is 0.868. The van der Waals surface area contributed by atoms with Gasteiger partial charge in [0.05, 0.1) is 7.11 Å². The van der Waals surface area contributed by atoms with E-state index in [9.17, 15) is 0 Å². The molecule has 0 radical (unpaired) electrons. The molecule has 1 heterocycles. The van der Waals surface area contributed by atoms with Gasteiger partial charge in [-0.1, -0.05) is 32.4 Å². The first kappa shape index (κ1) is 16.3. The summed E-state index contributed by atoms with van der Waals surface area (Å²) >= 11 is 0. The van der Waals surface area contributed by atoms with E-state index in [1.54, 1.807) is 7.11 Å². The molecular weight excluding hydrogens is 260 g/mol. The molecule has 1 aromatic rings. The van der Waals surface area contributed by atoms with E-state index in [4.69, 9.17) is 4.74 Å². The first-order valence-electron chi connectivity index (χ1n) is 8.14. The minimum Gasteiger partial charge on any atom is -0.497 e. The average Bonchev–Trinajstić information content (AvgIpc) is 2.54. The van der Waals surface area contributed by atoms with Crippen molar-refractivity contribution >= 4 is 0 Å². The summed E-state index contributed by atoms with van der Waals surface area (Å²) in [5.74, 6) is 0.935. The van der Waals surface area contributed by atoms with Gasteiger partial charge in [-0.2, -0.15) is 0 Å². The van der Waals surface area contributed by atoms with Gasteiger partial charge in [0.2, 0.25) is 0 Å². The Morgan fingerprint density at radius 2 is 2.05 bits per heavy atom. The van der Waals surface area contributed by atoms with Gasteiger partial charge in [-0.3, -0.25) is 0 Å². The standard InChI is InChI=1S/C18H30N2O/c1-5-18(2)9-11-20(12-10-18)14-17(19-3)15-7-6-8-16(13-15)21-4/h6-8,13,17,19H,5,9-12,14H2,1-4H3. The Morgan fingerprint density at radius 1 is 1.33 bits per heavy atom. The van der Waals surface area contributed by atoms with Crippen molar-refractivity contribution in [1.82, 2.24) is 10.2 Å². The Labute approximate surface area is 129 Å². The van der Waals surface area contributed by atoms with Crippen molar-refractivity contribution in [3.63, 3.8) is 0 Å². The van der Waals surface area contributed by atoms with Crippen LogP contribution >= 0.6 is 0 Å². The van der Waals surface area contributed by atoms with Crippen molar-refractivity contribution < 1.29 is 4.74 Å². The Balaban J connectivity index is 1.97. The van der Waals surface area contributed by atoms with Crippen molar-refractivity contribution in [3.05, 3.63) is 29.8 Å². The maximum atomic E-state index is 5.34. The number of hydrogen-bond acceptors (Lipinski definition) is 3. The Bertz CT molecular complexity index is 439. The van der Waals surface area contributed by atoms with E-state index in [-0.39, 0.29) is 0 Å². The molecule has 1 aliphatic heterocycles. The van der Waals surface area contributed by atoms with E-state index in [0.717, 1.165) is 12.3 Å². The van der Waals surface area contributed by atoms with Gasteiger partial charge in [0.1, 0.15) is 5.75 Å². The molecule has 0 spiro atoms. The molecular formula is C18H30N2O. The molecule has 3 heteroatoms. The molecule has 1 fully saturated rings. The smallest absolute Gasteiger partial charge is 0.119 e. The summed E-state index contributed by atoms with van der Waals surface area (Å²) in [4.78, 5) is 2.60. The predicted molar refractivity (Wildman–Crippen MR) is 88.9 cm³/mol. The molecule has 1 aromatic carbocycles. The molecule has 1 unspecified atom stereocenters. The van der Waals surface area contributed by atoms with Gasteiger partial charge in [0.15, 0.2) is 0 Å². The number of nitrogens with one attached hydrogen (secondary N) is 1. The maximum absolute atomic E-state index is 5.34. The number of hydrogen-bond donors (Lipinski definition) is 1. The van der Waals surface area contributed by atoms with Crippen LogP contribution < -0.4 is 10.1 Å². The highest BCUT2D eigenvalue weighted by molar-refractivity contribution is 5.30. The lowest BCUT2D eigenvalue weighted by Gasteiger charge is -2.40. The van der Waals surface area contributed by atoms with Gasteiger partial charge < -0.3 is 15.0 Å². The summed E-state index contributed by atoms with van der Waals surface area (Å²) in [6.07, 6.45) is 3.93. The second kappa shape index (κ2) is 7.28. The van der Waals surface area contributed by atoms with Crippen LogP contribution in [-0.2, 0) is 0 Å². The minimum atomic E-state index is 0.367. The number of ether oxygens (including phenoxy) is 1. The van der Waals surface area contributed by atoms with Gasteiger partial charge in [-0.05, 0) is 56.1 Å². The average molecular weight is 290 g/mol. The van der Waals surface area contributed by atoms with Crippen molar-refractivity contribution in [2.75, 3.05) is 33.8 Å². The summed E-state index contributed by atoms with van der Waals surface area (Å²) in [5.41, 5.74) is 1.86. The lowest BCUT2D eigenvalue weighted by molar-refractivity contribution is 0.107. The van der Waals surface area contributed by atoms with Crippen LogP contribution in [0.5, 0.6) is 5.75 Å². The molecule has 2 rings (SSSR count). The third-order valence-electron chi connectivity index (χ3n) is 5.20. The van der Waals surface area contributed by atoms with E-state index in [2.05, 4.69) is 42.3 Å². The van der Waals surface area contributed by atoms with E-state index in [1.807, 2.05) is 13.1 Å². The Kier molecular flexibility index (Phi) is 5.65. The number of rotatable bonds is 6. The van der Waals surface area contributed by atoms with Gasteiger partial charge in [0, 0.05) is 12.6 Å². The third kappa shape index (κ3) is 4.21. The lowest BCUT2D eigenvalue weighted by Crippen LogP contribution is -2.42. The molecule has 0 amide bonds. The third-order valence-corrected chi connectivity index (χ3v) is 5.20. The van der Waals surface area contributed by atoms with Crippen molar-refractivity contribution in [2.24, 2.45) is 5.41 Å². The second-order valence-electron chi connectivity index (χ2n) is 6.58. The van der Waals surface area contributed by atoms with Crippen LogP contribution in [-0.4, -0.2) is 38.7 Å². The summed E-state index contributed by atoms with van der Waals surface area (Å²) in [5, 5.41) is 3.45. The number of nitrogens with zero attached hydrogens (tertiary/aromatic N) is 1. The number of likely N-dealkylation sites (N-methyl/N-ethyl adjacent to an activating group) is 1. The molecule has 1 atom stereocenters. The minimum absolute atomic E-state index is 0.367. The van der Waals surface area contributed by atoms with Gasteiger partial charge in [0.25, 0.3) is 0 Å². The van der Waals surface area contributed by atoms with Gasteiger partial charge in [-0.25, -0.2) is 0 Å². The molecule has 0 saturated carbocycles. The van der Waals surface area contributed by atoms with Crippen LogP contribution in [0.4, 0.5) is 0 Å². The molecule has 1 N–H and O–H groups in total. The zero-order valence-electron chi connectivity index (χ0n) is 14.0. The Morgan fingerprint density at radius 3 is 2.62 bits per heavy atom. The van der Waals surface area contributed by atoms with E-state index in [1.165, 1.54) is 37.9 Å². The number of likely N-dealkylation sites (tertiary alicyclic amines) is 1. The zero-order valence-corrected chi connectivity index (χ0v) is 14.0. The normalized spacial score (nSPS) is 20.2. The fraction of sp³-hybridized carbons (Fsp3) is 0.667. The van der Waals surface area contributed by atoms with Crippen molar-refractivity contribution in [1.29, 1.82) is 0 Å². The number of methoxy groups -OCH3 is 1. The summed E-state index contributed by atoms with van der Waals surface area (Å²) in [7, 11) is 3.77. The maximum Gasteiger partial charge on any atom is 0.119 e. The summed E-state index contributed by atoms with van der Waals surface area (Å²) in [6, 6.07) is 8.77. The molecule has 0 aliphatic carbocycles. The first-order valence-corrected chi connectivity index (χ1v) is 8.14.